The van der Waals surface area contributed by atoms with E-state index in [1.807, 2.05) is 0 Å². The van der Waals surface area contributed by atoms with Crippen LogP contribution in [0.25, 0.3) is 0 Å². The first-order valence-corrected chi connectivity index (χ1v) is 9.29. The highest BCUT2D eigenvalue weighted by molar-refractivity contribution is 7.91. The zero-order chi connectivity index (χ0) is 20.1. The van der Waals surface area contributed by atoms with Crippen LogP contribution in [0.5, 0.6) is 0 Å². The molecule has 1 amide bonds. The van der Waals surface area contributed by atoms with Crippen LogP contribution in [0.4, 0.5) is 17.6 Å². The summed E-state index contributed by atoms with van der Waals surface area (Å²) >= 11 is 0.894. The summed E-state index contributed by atoms with van der Waals surface area (Å²) in [6.45, 7) is 3.35. The predicted molar refractivity (Wildman–Crippen MR) is 89.6 cm³/mol. The first-order chi connectivity index (χ1) is 11.9. The normalized spacial score (nSPS) is 12.8. The molecule has 0 spiro atoms. The second-order valence-electron chi connectivity index (χ2n) is 5.09. The summed E-state index contributed by atoms with van der Waals surface area (Å²) in [5.41, 5.74) is 4.47. The fourth-order valence-corrected chi connectivity index (χ4v) is 4.61. The molecule has 144 valence electrons. The molecule has 0 fully saturated rings. The van der Waals surface area contributed by atoms with Gasteiger partial charge in [0.2, 0.25) is 6.41 Å². The highest BCUT2D eigenvalue weighted by Gasteiger charge is 2.43. The first-order valence-electron chi connectivity index (χ1n) is 6.99. The Morgan fingerprint density at radius 1 is 1.19 bits per heavy atom. The summed E-state index contributed by atoms with van der Waals surface area (Å²) in [5.74, 6) is -0.706. The zero-order valence-corrected chi connectivity index (χ0v) is 15.3. The molecule has 0 aliphatic rings. The van der Waals surface area contributed by atoms with Crippen LogP contribution in [0.15, 0.2) is 34.5 Å². The van der Waals surface area contributed by atoms with E-state index in [0.717, 1.165) is 35.6 Å². The van der Waals surface area contributed by atoms with Crippen LogP contribution in [-0.2, 0) is 14.8 Å². The van der Waals surface area contributed by atoms with Gasteiger partial charge in [0, 0.05) is 4.88 Å². The van der Waals surface area contributed by atoms with Crippen molar-refractivity contribution < 1.29 is 30.8 Å². The van der Waals surface area contributed by atoms with Crippen molar-refractivity contribution in [3.05, 3.63) is 52.2 Å². The van der Waals surface area contributed by atoms with Crippen LogP contribution in [0.1, 0.15) is 22.0 Å². The number of hydrogen-bond acceptors (Lipinski definition) is 4. The summed E-state index contributed by atoms with van der Waals surface area (Å²) in [4.78, 5) is 9.29. The van der Waals surface area contributed by atoms with Crippen molar-refractivity contribution in [1.29, 1.82) is 0 Å². The van der Waals surface area contributed by atoms with Gasteiger partial charge in [-0.15, -0.1) is 11.3 Å². The third-order valence-electron chi connectivity index (χ3n) is 3.21. The molecule has 3 N–H and O–H groups in total. The summed E-state index contributed by atoms with van der Waals surface area (Å²) in [5, 5.41) is 0. The van der Waals surface area contributed by atoms with E-state index in [1.54, 1.807) is 18.6 Å². The van der Waals surface area contributed by atoms with Gasteiger partial charge in [0.1, 0.15) is 16.1 Å². The van der Waals surface area contributed by atoms with Crippen molar-refractivity contribution in [3.63, 3.8) is 0 Å². The van der Waals surface area contributed by atoms with Crippen LogP contribution >= 0.6 is 11.3 Å². The van der Waals surface area contributed by atoms with Crippen molar-refractivity contribution in [2.24, 2.45) is 5.73 Å². The van der Waals surface area contributed by atoms with Gasteiger partial charge in [0.05, 0.1) is 0 Å². The lowest BCUT2D eigenvalue weighted by Crippen LogP contribution is -2.37. The molecule has 11 heteroatoms. The van der Waals surface area contributed by atoms with Gasteiger partial charge in [-0.1, -0.05) is 12.1 Å². The predicted octanol–water partition coefficient (Wildman–Crippen LogP) is 3.19. The fraction of sp³-hybridized carbons (Fsp3) is 0.267. The Labute approximate surface area is 151 Å². The van der Waals surface area contributed by atoms with Crippen LogP contribution in [-0.4, -0.2) is 21.0 Å². The van der Waals surface area contributed by atoms with Gasteiger partial charge in [0.15, 0.2) is 0 Å². The van der Waals surface area contributed by atoms with Gasteiger partial charge in [-0.05, 0) is 43.2 Å². The maximum absolute atomic E-state index is 13.2. The number of halogens is 4. The molecule has 2 rings (SSSR count). The molecule has 1 atom stereocenters. The highest BCUT2D eigenvalue weighted by atomic mass is 32.2. The SMILES string of the molecule is Cc1cc(S(=O)(=O)NC(c2ccc(F)cc2)C(F)(F)F)sc1C.NC=O. The molecule has 0 aliphatic heterocycles. The third-order valence-corrected chi connectivity index (χ3v) is 6.26. The Morgan fingerprint density at radius 2 is 1.69 bits per heavy atom. The van der Waals surface area contributed by atoms with Crippen LogP contribution in [0.2, 0.25) is 0 Å². The quantitative estimate of drug-likeness (QED) is 0.597. The minimum Gasteiger partial charge on any atom is -0.372 e. The monoisotopic (exact) mass is 412 g/mol. The van der Waals surface area contributed by atoms with E-state index in [9.17, 15) is 26.0 Å². The maximum atomic E-state index is 13.2. The average molecular weight is 412 g/mol. The molecule has 2 aromatic rings. The van der Waals surface area contributed by atoms with E-state index < -0.39 is 28.1 Å². The van der Waals surface area contributed by atoms with E-state index in [0.29, 0.717) is 10.4 Å². The number of alkyl halides is 3. The van der Waals surface area contributed by atoms with Crippen molar-refractivity contribution in [1.82, 2.24) is 4.72 Å². The lowest BCUT2D eigenvalue weighted by atomic mass is 10.1. The second kappa shape index (κ2) is 8.60. The fourth-order valence-electron chi connectivity index (χ4n) is 1.86. The molecule has 26 heavy (non-hydrogen) atoms. The minimum atomic E-state index is -4.85. The number of primary amides is 1. The minimum absolute atomic E-state index is 0.191. The van der Waals surface area contributed by atoms with Gasteiger partial charge in [-0.3, -0.25) is 4.79 Å². The lowest BCUT2D eigenvalue weighted by molar-refractivity contribution is -0.153. The number of rotatable bonds is 4. The molecule has 0 saturated carbocycles. The number of sulfonamides is 1. The summed E-state index contributed by atoms with van der Waals surface area (Å²) in [7, 11) is -4.35. The van der Waals surface area contributed by atoms with Crippen molar-refractivity contribution in [3.8, 4) is 0 Å². The Morgan fingerprint density at radius 3 is 2.08 bits per heavy atom. The number of amides is 1. The molecule has 0 aliphatic carbocycles. The third kappa shape index (κ3) is 5.78. The van der Waals surface area contributed by atoms with Gasteiger partial charge in [-0.25, -0.2) is 12.8 Å². The number of carbonyl (C=O) groups excluding carboxylic acids is 1. The number of nitrogens with one attached hydrogen (secondary N) is 1. The summed E-state index contributed by atoms with van der Waals surface area (Å²) in [6, 6.07) is 2.38. The standard InChI is InChI=1S/C14H13F4NO2S2.CH3NO/c1-8-7-12(22-9(8)2)23(20,21)19-13(14(16,17)18)10-3-5-11(15)6-4-10;2-1-3/h3-7,13,19H,1-2H3;1H,(H2,2,3). The van der Waals surface area contributed by atoms with Gasteiger partial charge >= 0.3 is 6.18 Å². The number of carbonyl (C=O) groups is 1. The molecule has 0 radical (unpaired) electrons. The van der Waals surface area contributed by atoms with E-state index in [1.165, 1.54) is 6.07 Å². The number of nitrogens with two attached hydrogens (primary N) is 1. The molecule has 0 saturated heterocycles. The van der Waals surface area contributed by atoms with Crippen molar-refractivity contribution >= 4 is 27.8 Å². The van der Waals surface area contributed by atoms with Gasteiger partial charge < -0.3 is 5.73 Å². The van der Waals surface area contributed by atoms with Gasteiger partial charge in [0.25, 0.3) is 10.0 Å². The molecule has 1 aromatic carbocycles. The topological polar surface area (TPSA) is 89.3 Å². The van der Waals surface area contributed by atoms with E-state index >= 15 is 0 Å². The summed E-state index contributed by atoms with van der Waals surface area (Å²) < 4.78 is 78.4. The van der Waals surface area contributed by atoms with E-state index in [4.69, 9.17) is 4.79 Å². The molecule has 1 aromatic heterocycles. The average Bonchev–Trinajstić information content (AvgIpc) is 2.86. The number of hydrogen-bond donors (Lipinski definition) is 2. The van der Waals surface area contributed by atoms with Crippen LogP contribution in [0, 0.1) is 19.7 Å². The molecule has 1 heterocycles. The van der Waals surface area contributed by atoms with Crippen LogP contribution < -0.4 is 10.5 Å². The highest BCUT2D eigenvalue weighted by Crippen LogP contribution is 2.35. The number of thiophene rings is 1. The van der Waals surface area contributed by atoms with E-state index in [-0.39, 0.29) is 16.2 Å². The van der Waals surface area contributed by atoms with Crippen molar-refractivity contribution in [2.75, 3.05) is 0 Å². The number of benzene rings is 1. The Balaban J connectivity index is 0.00000105. The molecular weight excluding hydrogens is 396 g/mol. The number of aryl methyl sites for hydroxylation is 2. The smallest absolute Gasteiger partial charge is 0.372 e. The van der Waals surface area contributed by atoms with E-state index in [2.05, 4.69) is 5.73 Å². The second-order valence-corrected chi connectivity index (χ2v) is 8.29. The Bertz CT molecular complexity index is 827. The maximum Gasteiger partial charge on any atom is 0.408 e. The molecular formula is C15H16F4N2O3S2. The Hall–Kier alpha value is -1.98. The van der Waals surface area contributed by atoms with Crippen LogP contribution in [0.3, 0.4) is 0 Å². The lowest BCUT2D eigenvalue weighted by Gasteiger charge is -2.21. The van der Waals surface area contributed by atoms with Gasteiger partial charge in [-0.2, -0.15) is 17.9 Å². The first kappa shape index (κ1) is 22.1. The molecule has 5 nitrogen and oxygen atoms in total. The largest absolute Gasteiger partial charge is 0.408 e. The molecule has 1 unspecified atom stereocenters. The Kier molecular flexibility index (Phi) is 7.30. The summed E-state index contributed by atoms with van der Waals surface area (Å²) in [6.07, 6.45) is -4.60. The van der Waals surface area contributed by atoms with Crippen molar-refractivity contribution in [2.45, 2.75) is 30.3 Å². The zero-order valence-electron chi connectivity index (χ0n) is 13.7. The molecule has 0 bridgehead atoms.